The Labute approximate surface area is 138 Å². The number of hydrazone groups is 1. The second kappa shape index (κ2) is 8.41. The summed E-state index contributed by atoms with van der Waals surface area (Å²) in [5, 5.41) is 4.72. The van der Waals surface area contributed by atoms with Gasteiger partial charge in [0.2, 0.25) is 0 Å². The van der Waals surface area contributed by atoms with Gasteiger partial charge < -0.3 is 4.74 Å². The number of benzene rings is 2. The zero-order valence-corrected chi connectivity index (χ0v) is 13.1. The largest absolute Gasteiger partial charge is 0.482 e. The molecule has 1 amide bonds. The molecule has 22 heavy (non-hydrogen) atoms. The van der Waals surface area contributed by atoms with Crippen molar-refractivity contribution >= 4 is 35.3 Å². The van der Waals surface area contributed by atoms with Crippen LogP contribution in [0.1, 0.15) is 5.56 Å². The van der Waals surface area contributed by atoms with E-state index in [4.69, 9.17) is 27.9 Å². The third-order valence-electron chi connectivity index (χ3n) is 2.70. The summed E-state index contributed by atoms with van der Waals surface area (Å²) >= 11 is 11.7. The first-order chi connectivity index (χ1) is 10.6. The number of ether oxygens (including phenoxy) is 1. The predicted octanol–water partition coefficient (Wildman–Crippen LogP) is 3.72. The smallest absolute Gasteiger partial charge is 0.277 e. The van der Waals surface area contributed by atoms with Crippen molar-refractivity contribution in [2.75, 3.05) is 6.61 Å². The number of hydrogen-bond acceptors (Lipinski definition) is 3. The fourth-order valence-electron chi connectivity index (χ4n) is 1.65. The van der Waals surface area contributed by atoms with E-state index in [-0.39, 0.29) is 12.5 Å². The maximum absolute atomic E-state index is 11.6. The normalized spacial score (nSPS) is 10.6. The highest BCUT2D eigenvalue weighted by Gasteiger charge is 2.05. The summed E-state index contributed by atoms with van der Waals surface area (Å²) < 4.78 is 5.29. The van der Waals surface area contributed by atoms with Crippen LogP contribution in [-0.4, -0.2) is 18.7 Å². The summed E-state index contributed by atoms with van der Waals surface area (Å²) in [5.74, 6) is 0.0322. The molecule has 0 radical (unpaired) electrons. The lowest BCUT2D eigenvalue weighted by Gasteiger charge is -2.06. The molecule has 2 aromatic carbocycles. The maximum Gasteiger partial charge on any atom is 0.277 e. The quantitative estimate of drug-likeness (QED) is 0.645. The third-order valence-corrected chi connectivity index (χ3v) is 3.23. The molecule has 4 nitrogen and oxygen atoms in total. The lowest BCUT2D eigenvalue weighted by atomic mass is 10.2. The molecule has 0 unspecified atom stereocenters. The van der Waals surface area contributed by atoms with Gasteiger partial charge in [0.15, 0.2) is 6.61 Å². The van der Waals surface area contributed by atoms with Gasteiger partial charge in [-0.05, 0) is 23.8 Å². The van der Waals surface area contributed by atoms with Gasteiger partial charge in [-0.1, -0.05) is 53.5 Å². The molecule has 0 heterocycles. The molecular formula is C16H14Cl2N2O2. The van der Waals surface area contributed by atoms with Crippen LogP contribution in [-0.2, 0) is 11.2 Å². The molecule has 0 saturated carbocycles. The molecule has 0 aromatic heterocycles. The minimum Gasteiger partial charge on any atom is -0.482 e. The van der Waals surface area contributed by atoms with Crippen LogP contribution in [0.4, 0.5) is 0 Å². The summed E-state index contributed by atoms with van der Waals surface area (Å²) in [6.45, 7) is -0.177. The van der Waals surface area contributed by atoms with E-state index < -0.39 is 0 Å². The Morgan fingerprint density at radius 1 is 1.18 bits per heavy atom. The Morgan fingerprint density at radius 3 is 2.68 bits per heavy atom. The molecule has 0 atom stereocenters. The predicted molar refractivity (Wildman–Crippen MR) is 88.7 cm³/mol. The zero-order chi connectivity index (χ0) is 15.8. The number of rotatable bonds is 6. The fraction of sp³-hybridized carbons (Fsp3) is 0.125. The van der Waals surface area contributed by atoms with E-state index in [1.807, 2.05) is 30.3 Å². The van der Waals surface area contributed by atoms with Crippen molar-refractivity contribution in [3.8, 4) is 5.75 Å². The van der Waals surface area contributed by atoms with Crippen LogP contribution >= 0.6 is 23.2 Å². The standard InChI is InChI=1S/C16H14Cl2N2O2/c17-13-6-7-15(14(18)10-13)22-11-16(21)20-19-9-8-12-4-2-1-3-5-12/h1-7,9-10H,8,11H2,(H,20,21)/b19-9+. The fourth-order valence-corrected chi connectivity index (χ4v) is 2.11. The Morgan fingerprint density at radius 2 is 1.95 bits per heavy atom. The van der Waals surface area contributed by atoms with Crippen LogP contribution in [0.2, 0.25) is 10.0 Å². The highest BCUT2D eigenvalue weighted by molar-refractivity contribution is 6.35. The van der Waals surface area contributed by atoms with Crippen LogP contribution < -0.4 is 10.2 Å². The first-order valence-corrected chi connectivity index (χ1v) is 7.33. The molecule has 0 saturated heterocycles. The first-order valence-electron chi connectivity index (χ1n) is 6.57. The van der Waals surface area contributed by atoms with Crippen molar-refractivity contribution < 1.29 is 9.53 Å². The monoisotopic (exact) mass is 336 g/mol. The van der Waals surface area contributed by atoms with Gasteiger partial charge in [-0.15, -0.1) is 0 Å². The highest BCUT2D eigenvalue weighted by atomic mass is 35.5. The van der Waals surface area contributed by atoms with Gasteiger partial charge in [0, 0.05) is 17.7 Å². The van der Waals surface area contributed by atoms with Crippen LogP contribution in [0.3, 0.4) is 0 Å². The Bertz CT molecular complexity index is 660. The molecular weight excluding hydrogens is 323 g/mol. The van der Waals surface area contributed by atoms with Crippen molar-refractivity contribution in [1.82, 2.24) is 5.43 Å². The van der Waals surface area contributed by atoms with E-state index >= 15 is 0 Å². The summed E-state index contributed by atoms with van der Waals surface area (Å²) in [7, 11) is 0. The van der Waals surface area contributed by atoms with E-state index in [0.717, 1.165) is 5.56 Å². The summed E-state index contributed by atoms with van der Waals surface area (Å²) in [6.07, 6.45) is 2.27. The van der Waals surface area contributed by atoms with Crippen LogP contribution in [0.5, 0.6) is 5.75 Å². The van der Waals surface area contributed by atoms with Gasteiger partial charge in [-0.3, -0.25) is 4.79 Å². The second-order valence-corrected chi connectivity index (χ2v) is 5.24. The van der Waals surface area contributed by atoms with Gasteiger partial charge in [0.25, 0.3) is 5.91 Å². The lowest BCUT2D eigenvalue weighted by molar-refractivity contribution is -0.123. The number of hydrogen-bond donors (Lipinski definition) is 1. The van der Waals surface area contributed by atoms with Crippen LogP contribution in [0.25, 0.3) is 0 Å². The molecule has 1 N–H and O–H groups in total. The van der Waals surface area contributed by atoms with E-state index in [1.165, 1.54) is 0 Å². The molecule has 114 valence electrons. The maximum atomic E-state index is 11.6. The minimum atomic E-state index is -0.365. The van der Waals surface area contributed by atoms with Crippen molar-refractivity contribution in [3.05, 3.63) is 64.1 Å². The third kappa shape index (κ3) is 5.39. The Balaban J connectivity index is 1.74. The van der Waals surface area contributed by atoms with Crippen molar-refractivity contribution in [3.63, 3.8) is 0 Å². The zero-order valence-electron chi connectivity index (χ0n) is 11.6. The van der Waals surface area contributed by atoms with E-state index in [1.54, 1.807) is 24.4 Å². The molecule has 0 fully saturated rings. The molecule has 0 aliphatic rings. The summed E-state index contributed by atoms with van der Waals surface area (Å²) in [4.78, 5) is 11.6. The van der Waals surface area contributed by atoms with Gasteiger partial charge in [-0.2, -0.15) is 5.10 Å². The van der Waals surface area contributed by atoms with Crippen molar-refractivity contribution in [2.45, 2.75) is 6.42 Å². The molecule has 0 spiro atoms. The highest BCUT2D eigenvalue weighted by Crippen LogP contribution is 2.27. The van der Waals surface area contributed by atoms with Gasteiger partial charge in [0.1, 0.15) is 5.75 Å². The summed E-state index contributed by atoms with van der Waals surface area (Å²) in [6, 6.07) is 14.6. The molecule has 2 aromatic rings. The minimum absolute atomic E-state index is 0.177. The van der Waals surface area contributed by atoms with Crippen LogP contribution in [0, 0.1) is 0 Å². The molecule has 0 aliphatic heterocycles. The van der Waals surface area contributed by atoms with E-state index in [2.05, 4.69) is 10.5 Å². The van der Waals surface area contributed by atoms with Gasteiger partial charge >= 0.3 is 0 Å². The number of halogens is 2. The van der Waals surface area contributed by atoms with Crippen LogP contribution in [0.15, 0.2) is 53.6 Å². The average Bonchev–Trinajstić information content (AvgIpc) is 2.52. The lowest BCUT2D eigenvalue weighted by Crippen LogP contribution is -2.24. The SMILES string of the molecule is O=C(COc1ccc(Cl)cc1Cl)N/N=C/Cc1ccccc1. The summed E-state index contributed by atoms with van der Waals surface area (Å²) in [5.41, 5.74) is 3.51. The number of nitrogens with zero attached hydrogens (tertiary/aromatic N) is 1. The molecule has 2 rings (SSSR count). The molecule has 0 aliphatic carbocycles. The second-order valence-electron chi connectivity index (χ2n) is 4.40. The van der Waals surface area contributed by atoms with E-state index in [9.17, 15) is 4.79 Å². The molecule has 6 heteroatoms. The van der Waals surface area contributed by atoms with Gasteiger partial charge in [-0.25, -0.2) is 5.43 Å². The van der Waals surface area contributed by atoms with Crippen molar-refractivity contribution in [2.24, 2.45) is 5.10 Å². The van der Waals surface area contributed by atoms with Crippen molar-refractivity contribution in [1.29, 1.82) is 0 Å². The van der Waals surface area contributed by atoms with Gasteiger partial charge in [0.05, 0.1) is 5.02 Å². The average molecular weight is 337 g/mol. The van der Waals surface area contributed by atoms with E-state index in [0.29, 0.717) is 22.2 Å². The topological polar surface area (TPSA) is 50.7 Å². The number of nitrogens with one attached hydrogen (secondary N) is 1. The Kier molecular flexibility index (Phi) is 6.25. The number of amides is 1. The number of carbonyl (C=O) groups is 1. The molecule has 0 bridgehead atoms. The first kappa shape index (κ1) is 16.3. The number of carbonyl (C=O) groups excluding carboxylic acids is 1. The Hall–Kier alpha value is -2.04.